The Labute approximate surface area is 238 Å². The van der Waals surface area contributed by atoms with E-state index in [4.69, 9.17) is 4.74 Å². The third kappa shape index (κ3) is 3.49. The lowest BCUT2D eigenvalue weighted by Crippen LogP contribution is -2.69. The highest BCUT2D eigenvalue weighted by atomic mass is 16.5. The van der Waals surface area contributed by atoms with Gasteiger partial charge in [0.05, 0.1) is 18.8 Å². The van der Waals surface area contributed by atoms with Crippen molar-refractivity contribution in [3.05, 3.63) is 62.9 Å². The molecule has 1 aromatic heterocycles. The number of hydrogen-bond acceptors (Lipinski definition) is 7. The van der Waals surface area contributed by atoms with E-state index in [1.165, 1.54) is 9.36 Å². The summed E-state index contributed by atoms with van der Waals surface area (Å²) in [5.74, 6) is -1.69. The van der Waals surface area contributed by atoms with Gasteiger partial charge >= 0.3 is 17.3 Å². The van der Waals surface area contributed by atoms with Gasteiger partial charge in [0, 0.05) is 17.3 Å². The van der Waals surface area contributed by atoms with Gasteiger partial charge in [0.15, 0.2) is 5.78 Å². The van der Waals surface area contributed by atoms with Gasteiger partial charge in [-0.15, -0.1) is 0 Å². The maximum Gasteiger partial charge on any atom is 0.352 e. The van der Waals surface area contributed by atoms with Crippen LogP contribution in [0.25, 0.3) is 5.69 Å². The van der Waals surface area contributed by atoms with E-state index < -0.39 is 51.8 Å². The van der Waals surface area contributed by atoms with Crippen LogP contribution in [0.4, 0.5) is 0 Å². The van der Waals surface area contributed by atoms with Crippen molar-refractivity contribution in [1.29, 1.82) is 0 Å². The Balaban J connectivity index is 1.47. The van der Waals surface area contributed by atoms with Crippen molar-refractivity contribution in [2.45, 2.75) is 90.7 Å². The van der Waals surface area contributed by atoms with Crippen molar-refractivity contribution in [1.82, 2.24) is 13.9 Å². The first-order chi connectivity index (χ1) is 19.4. The van der Waals surface area contributed by atoms with Crippen LogP contribution in [0, 0.1) is 28.6 Å². The van der Waals surface area contributed by atoms with Crippen molar-refractivity contribution in [3.63, 3.8) is 0 Å². The van der Waals surface area contributed by atoms with Crippen molar-refractivity contribution >= 4 is 11.8 Å². The fourth-order valence-corrected chi connectivity index (χ4v) is 8.89. The number of esters is 1. The van der Waals surface area contributed by atoms with Gasteiger partial charge in [0.1, 0.15) is 17.8 Å². The number of hydrogen-bond donors (Lipinski definition) is 2. The number of fused-ring (bicyclic) bond motifs is 1. The van der Waals surface area contributed by atoms with Crippen molar-refractivity contribution < 1.29 is 24.5 Å². The van der Waals surface area contributed by atoms with Gasteiger partial charge in [-0.1, -0.05) is 52.0 Å². The minimum absolute atomic E-state index is 0.138. The molecule has 2 heterocycles. The van der Waals surface area contributed by atoms with Crippen LogP contribution in [0.2, 0.25) is 0 Å². The predicted molar refractivity (Wildman–Crippen MR) is 149 cm³/mol. The number of para-hydroxylation sites is 1. The van der Waals surface area contributed by atoms with Crippen molar-refractivity contribution in [2.75, 3.05) is 0 Å². The van der Waals surface area contributed by atoms with E-state index in [2.05, 4.69) is 0 Å². The van der Waals surface area contributed by atoms with E-state index >= 15 is 0 Å². The van der Waals surface area contributed by atoms with Gasteiger partial charge in [-0.3, -0.25) is 9.59 Å². The Morgan fingerprint density at radius 1 is 1.10 bits per heavy atom. The molecule has 0 unspecified atom stereocenters. The van der Waals surface area contributed by atoms with E-state index in [0.29, 0.717) is 24.9 Å². The number of ketones is 1. The summed E-state index contributed by atoms with van der Waals surface area (Å²) >= 11 is 0. The van der Waals surface area contributed by atoms with Gasteiger partial charge in [-0.2, -0.15) is 0 Å². The van der Waals surface area contributed by atoms with Crippen LogP contribution in [-0.4, -0.2) is 53.7 Å². The second-order valence-corrected chi connectivity index (χ2v) is 12.8. The number of ether oxygens (including phenoxy) is 1. The lowest BCUT2D eigenvalue weighted by atomic mass is 9.46. The van der Waals surface area contributed by atoms with Crippen LogP contribution in [0.3, 0.4) is 0 Å². The lowest BCUT2D eigenvalue weighted by molar-refractivity contribution is -0.235. The fraction of sp³-hybridized carbons (Fsp3) is 0.613. The topological polar surface area (TPSA) is 133 Å². The number of aliphatic hydroxyl groups excluding tert-OH is 1. The molecule has 0 radical (unpaired) electrons. The van der Waals surface area contributed by atoms with Gasteiger partial charge in [0.25, 0.3) is 0 Å². The minimum atomic E-state index is -1.88. The van der Waals surface area contributed by atoms with E-state index in [1.54, 1.807) is 31.2 Å². The maximum atomic E-state index is 13.7. The second kappa shape index (κ2) is 9.39. The molecule has 0 saturated heterocycles. The summed E-state index contributed by atoms with van der Waals surface area (Å²) < 4.78 is 10.1. The molecule has 3 fully saturated rings. The molecule has 3 aliphatic carbocycles. The molecular formula is C31H39N3O7. The molecule has 8 atom stereocenters. The highest BCUT2D eigenvalue weighted by Gasteiger charge is 2.78. The number of allylic oxidation sites excluding steroid dienone is 2. The average molecular weight is 566 g/mol. The minimum Gasteiger partial charge on any atom is -0.462 e. The summed E-state index contributed by atoms with van der Waals surface area (Å²) in [4.78, 5) is 53.3. The number of aliphatic hydroxyl groups is 2. The largest absolute Gasteiger partial charge is 0.462 e. The van der Waals surface area contributed by atoms with Crippen LogP contribution in [0.15, 0.2) is 51.6 Å². The molecule has 1 aliphatic heterocycles. The van der Waals surface area contributed by atoms with Crippen molar-refractivity contribution in [3.8, 4) is 5.69 Å². The first-order valence-corrected chi connectivity index (χ1v) is 14.7. The van der Waals surface area contributed by atoms with E-state index in [0.717, 1.165) is 10.1 Å². The fourth-order valence-electron chi connectivity index (χ4n) is 8.89. The molecule has 1 aromatic carbocycles. The van der Waals surface area contributed by atoms with E-state index in [1.807, 2.05) is 32.9 Å². The van der Waals surface area contributed by atoms with Crippen LogP contribution in [-0.2, 0) is 27.4 Å². The zero-order chi connectivity index (χ0) is 29.5. The monoisotopic (exact) mass is 565 g/mol. The molecule has 2 bridgehead atoms. The van der Waals surface area contributed by atoms with Crippen LogP contribution in [0.5, 0.6) is 0 Å². The van der Waals surface area contributed by atoms with Gasteiger partial charge < -0.3 is 14.9 Å². The smallest absolute Gasteiger partial charge is 0.352 e. The molecule has 41 heavy (non-hydrogen) atoms. The Bertz CT molecular complexity index is 1550. The average Bonchev–Trinajstić information content (AvgIpc) is 3.34. The Kier molecular flexibility index (Phi) is 6.39. The van der Waals surface area contributed by atoms with Gasteiger partial charge in [-0.25, -0.2) is 23.5 Å². The Morgan fingerprint density at radius 2 is 1.78 bits per heavy atom. The number of rotatable bonds is 4. The third-order valence-corrected chi connectivity index (χ3v) is 11.4. The first kappa shape index (κ1) is 27.9. The maximum absolute atomic E-state index is 13.7. The number of benzene rings is 1. The number of carbonyl (C=O) groups excluding carboxylic acids is 2. The molecule has 220 valence electrons. The molecule has 0 amide bonds. The highest BCUT2D eigenvalue weighted by Crippen LogP contribution is 2.70. The summed E-state index contributed by atoms with van der Waals surface area (Å²) in [5, 5.41) is 23.6. The Morgan fingerprint density at radius 3 is 2.46 bits per heavy atom. The summed E-state index contributed by atoms with van der Waals surface area (Å²) in [6, 6.07) is 8.80. The standard InChI is InChI=1S/C31H39N3O7/c1-5-25(36)41-24-15-22(19(3)30-13-11-18(2)29(24,4)31(30,40)26(37)23(35)16-30)20-12-14-32-27(38)34(28(39)33(32)17-20)21-9-7-6-8-10-21/h6-10,12,18-19,22-24,35,40H,5,11,13-17H2,1-4H3/t18-,19+,22-,23+,24-,29+,30+,31-/m1/s1. The number of Topliss-reactive ketones (excluding diaryl/α,β-unsaturated/α-hetero) is 1. The summed E-state index contributed by atoms with van der Waals surface area (Å²) in [6.45, 7) is 7.92. The third-order valence-electron chi connectivity index (χ3n) is 11.4. The number of carbonyl (C=O) groups is 2. The molecule has 10 heteroatoms. The summed E-state index contributed by atoms with van der Waals surface area (Å²) in [5.41, 5.74) is -3.39. The molecule has 0 spiro atoms. The van der Waals surface area contributed by atoms with Crippen molar-refractivity contribution in [2.24, 2.45) is 28.6 Å². The zero-order valence-electron chi connectivity index (χ0n) is 24.1. The van der Waals surface area contributed by atoms with E-state index in [9.17, 15) is 29.4 Å². The molecule has 4 aliphatic rings. The quantitative estimate of drug-likeness (QED) is 0.429. The van der Waals surface area contributed by atoms with Crippen LogP contribution in [0.1, 0.15) is 59.8 Å². The molecule has 6 rings (SSSR count). The highest BCUT2D eigenvalue weighted by molar-refractivity contribution is 5.96. The second-order valence-electron chi connectivity index (χ2n) is 12.8. The zero-order valence-corrected chi connectivity index (χ0v) is 24.1. The molecule has 2 N–H and O–H groups in total. The number of nitrogens with zero attached hydrogens (tertiary/aromatic N) is 3. The SMILES string of the molecule is CCC(=O)O[C@@H]1C[C@@H](C2=CCn3c(=O)n(-c4ccccc4)c(=O)n3C2)[C@H](C)[C@@]23CC[C@@H](C)[C@]1(C)[C@]2(O)C(=O)[C@@H](O)C3. The summed E-state index contributed by atoms with van der Waals surface area (Å²) in [6.07, 6.45) is 1.80. The number of aromatic nitrogens is 3. The Hall–Kier alpha value is -3.24. The molecular weight excluding hydrogens is 526 g/mol. The van der Waals surface area contributed by atoms with Crippen LogP contribution >= 0.6 is 0 Å². The first-order valence-electron chi connectivity index (χ1n) is 14.7. The molecule has 2 aromatic rings. The molecule has 10 nitrogen and oxygen atoms in total. The lowest BCUT2D eigenvalue weighted by Gasteiger charge is -2.60. The predicted octanol–water partition coefficient (Wildman–Crippen LogP) is 2.21. The van der Waals surface area contributed by atoms with Gasteiger partial charge in [-0.05, 0) is 61.1 Å². The summed E-state index contributed by atoms with van der Waals surface area (Å²) in [7, 11) is 0. The van der Waals surface area contributed by atoms with Gasteiger partial charge in [0.2, 0.25) is 0 Å². The van der Waals surface area contributed by atoms with E-state index in [-0.39, 0.29) is 43.7 Å². The van der Waals surface area contributed by atoms with Crippen LogP contribution < -0.4 is 11.4 Å². The normalized spacial score (nSPS) is 38.0. The molecule has 3 saturated carbocycles.